The molecule has 5 heteroatoms. The molecule has 2 saturated heterocycles. The molecule has 0 aromatic carbocycles. The molecule has 2 aliphatic rings. The van der Waals surface area contributed by atoms with Crippen molar-refractivity contribution in [2.24, 2.45) is 5.41 Å². The first-order valence-electron chi connectivity index (χ1n) is 7.12. The summed E-state index contributed by atoms with van der Waals surface area (Å²) in [5, 5.41) is -0.375. The van der Waals surface area contributed by atoms with Gasteiger partial charge in [-0.3, -0.25) is 0 Å². The third kappa shape index (κ3) is 2.40. The average Bonchev–Trinajstić information content (AvgIpc) is 2.38. The molecule has 0 radical (unpaired) electrons. The van der Waals surface area contributed by atoms with E-state index in [4.69, 9.17) is 12.6 Å². The zero-order valence-electron chi connectivity index (χ0n) is 12.1. The van der Waals surface area contributed by atoms with Crippen LogP contribution < -0.4 is 4.90 Å². The molecule has 0 amide bonds. The lowest BCUT2D eigenvalue weighted by atomic mass is 9.72. The molecule has 0 N–H and O–H groups in total. The molecule has 0 atom stereocenters. The van der Waals surface area contributed by atoms with Crippen LogP contribution in [0.5, 0.6) is 0 Å². The van der Waals surface area contributed by atoms with Gasteiger partial charge >= 0.3 is 0 Å². The molecular weight excluding hydrogens is 270 g/mol. The van der Waals surface area contributed by atoms with Gasteiger partial charge in [0.05, 0.1) is 10.8 Å². The van der Waals surface area contributed by atoms with Gasteiger partial charge in [-0.05, 0) is 43.9 Å². The second-order valence-electron chi connectivity index (χ2n) is 6.28. The van der Waals surface area contributed by atoms with Crippen LogP contribution in [0.2, 0.25) is 0 Å². The summed E-state index contributed by atoms with van der Waals surface area (Å²) in [6, 6.07) is 3.67. The van der Waals surface area contributed by atoms with Gasteiger partial charge in [-0.1, -0.05) is 6.07 Å². The topological polar surface area (TPSA) is 36.4 Å². The Morgan fingerprint density at radius 1 is 1.30 bits per heavy atom. The molecule has 0 aliphatic carbocycles. The van der Waals surface area contributed by atoms with E-state index in [1.165, 1.54) is 25.9 Å². The predicted molar refractivity (Wildman–Crippen MR) is 82.0 cm³/mol. The van der Waals surface area contributed by atoms with Crippen molar-refractivity contribution >= 4 is 23.6 Å². The summed E-state index contributed by atoms with van der Waals surface area (Å²) in [5.41, 5.74) is 2.04. The van der Waals surface area contributed by atoms with Crippen molar-refractivity contribution in [1.82, 2.24) is 9.88 Å². The van der Waals surface area contributed by atoms with Gasteiger partial charge in [0.25, 0.3) is 0 Å². The molecule has 2 aliphatic heterocycles. The van der Waals surface area contributed by atoms with Gasteiger partial charge < -0.3 is 27.2 Å². The second kappa shape index (κ2) is 4.97. The first-order valence-corrected chi connectivity index (χ1v) is 7.52. The molecular formula is C15H20N3OS-. The average molecular weight is 290 g/mol. The number of carbonyl (C=O) groups is 1. The van der Waals surface area contributed by atoms with Gasteiger partial charge in [-0.25, -0.2) is 4.98 Å². The Bertz CT molecular complexity index is 530. The summed E-state index contributed by atoms with van der Waals surface area (Å²) in [4.78, 5) is 20.5. The van der Waals surface area contributed by atoms with E-state index in [0.29, 0.717) is 11.1 Å². The highest BCUT2D eigenvalue weighted by Crippen LogP contribution is 2.40. The van der Waals surface area contributed by atoms with E-state index in [2.05, 4.69) is 21.8 Å². The number of piperidine rings is 1. The Kier molecular flexibility index (Phi) is 3.42. The third-order valence-electron chi connectivity index (χ3n) is 4.61. The quantitative estimate of drug-likeness (QED) is 0.774. The molecule has 0 unspecified atom stereocenters. The zero-order chi connectivity index (χ0) is 14.3. The highest BCUT2D eigenvalue weighted by Gasteiger charge is 2.43. The minimum absolute atomic E-state index is 0.375. The molecule has 0 bridgehead atoms. The normalized spacial score (nSPS) is 21.8. The number of hydrogen-bond acceptors (Lipinski definition) is 5. The van der Waals surface area contributed by atoms with Crippen LogP contribution in [0.3, 0.4) is 0 Å². The van der Waals surface area contributed by atoms with Crippen molar-refractivity contribution in [2.45, 2.75) is 19.8 Å². The number of carbonyl (C=O) groups excluding carboxylic acids is 1. The second-order valence-corrected chi connectivity index (χ2v) is 6.65. The zero-order valence-corrected chi connectivity index (χ0v) is 12.9. The Labute approximate surface area is 125 Å². The fourth-order valence-electron chi connectivity index (χ4n) is 3.56. The predicted octanol–water partition coefficient (Wildman–Crippen LogP) is 1.61. The smallest absolute Gasteiger partial charge is 0.132 e. The number of aryl methyl sites for hydroxylation is 1. The lowest BCUT2D eigenvalue weighted by Gasteiger charge is -2.53. The summed E-state index contributed by atoms with van der Waals surface area (Å²) in [7, 11) is 2.18. The van der Waals surface area contributed by atoms with Crippen LogP contribution in [-0.4, -0.2) is 48.2 Å². The van der Waals surface area contributed by atoms with Crippen LogP contribution >= 0.6 is 0 Å². The van der Waals surface area contributed by atoms with Crippen LogP contribution in [0.25, 0.3) is 0 Å². The van der Waals surface area contributed by atoms with Crippen LogP contribution in [0.4, 0.5) is 5.82 Å². The van der Waals surface area contributed by atoms with Gasteiger partial charge in [0.1, 0.15) is 5.82 Å². The van der Waals surface area contributed by atoms with E-state index in [9.17, 15) is 4.79 Å². The Morgan fingerprint density at radius 2 is 1.95 bits per heavy atom. The summed E-state index contributed by atoms with van der Waals surface area (Å²) in [6.07, 6.45) is 2.43. The number of rotatable bonds is 2. The van der Waals surface area contributed by atoms with E-state index in [1.54, 1.807) is 6.07 Å². The number of likely N-dealkylation sites (tertiary alicyclic amines) is 1. The molecule has 1 aromatic rings. The van der Waals surface area contributed by atoms with Crippen molar-refractivity contribution in [3.05, 3.63) is 23.4 Å². The molecule has 0 saturated carbocycles. The number of aromatic nitrogens is 1. The number of nitrogens with zero attached hydrogens (tertiary/aromatic N) is 3. The van der Waals surface area contributed by atoms with E-state index >= 15 is 0 Å². The maximum atomic E-state index is 11.3. The maximum Gasteiger partial charge on any atom is 0.132 e. The van der Waals surface area contributed by atoms with Crippen LogP contribution in [-0.2, 0) is 12.6 Å². The fraction of sp³-hybridized carbons (Fsp3) is 0.600. The number of anilines is 1. The number of hydrogen-bond donors (Lipinski definition) is 0. The Balaban J connectivity index is 1.74. The fourth-order valence-corrected chi connectivity index (χ4v) is 3.67. The van der Waals surface area contributed by atoms with Crippen molar-refractivity contribution in [3.8, 4) is 0 Å². The largest absolute Gasteiger partial charge is 0.735 e. The van der Waals surface area contributed by atoms with Gasteiger partial charge in [0.15, 0.2) is 0 Å². The molecule has 20 heavy (non-hydrogen) atoms. The summed E-state index contributed by atoms with van der Waals surface area (Å²) >= 11 is 4.70. The van der Waals surface area contributed by atoms with Crippen molar-refractivity contribution in [3.63, 3.8) is 0 Å². The Hall–Kier alpha value is -1.20. The van der Waals surface area contributed by atoms with E-state index < -0.39 is 0 Å². The van der Waals surface area contributed by atoms with Crippen LogP contribution in [0.1, 0.15) is 28.9 Å². The van der Waals surface area contributed by atoms with E-state index in [0.717, 1.165) is 24.5 Å². The minimum atomic E-state index is -0.375. The molecule has 1 aromatic heterocycles. The van der Waals surface area contributed by atoms with Gasteiger partial charge in [-0.15, -0.1) is 0 Å². The lowest BCUT2D eigenvalue weighted by molar-refractivity contribution is 0.00119. The molecule has 3 rings (SSSR count). The lowest BCUT2D eigenvalue weighted by Crippen LogP contribution is -2.58. The molecule has 1 spiro atoms. The minimum Gasteiger partial charge on any atom is -0.735 e. The van der Waals surface area contributed by atoms with Gasteiger partial charge in [0.2, 0.25) is 0 Å². The highest BCUT2D eigenvalue weighted by molar-refractivity contribution is 7.77. The van der Waals surface area contributed by atoms with E-state index in [-0.39, 0.29) is 5.12 Å². The summed E-state index contributed by atoms with van der Waals surface area (Å²) < 4.78 is 0. The van der Waals surface area contributed by atoms with Crippen molar-refractivity contribution in [1.29, 1.82) is 0 Å². The van der Waals surface area contributed by atoms with Crippen LogP contribution in [0.15, 0.2) is 12.1 Å². The maximum absolute atomic E-state index is 11.3. The molecule has 108 valence electrons. The standard InChI is InChI=1S/C15H21N3OS/c1-11-3-4-12(14(19)20)16-13(11)18-7-5-15(6-8-18)9-17(2)10-15/h3-4H,5-10H2,1-2H3,(H,19,20)/p-1. The van der Waals surface area contributed by atoms with Crippen molar-refractivity contribution < 1.29 is 4.79 Å². The van der Waals surface area contributed by atoms with Crippen LogP contribution in [0, 0.1) is 12.3 Å². The summed E-state index contributed by atoms with van der Waals surface area (Å²) in [6.45, 7) is 6.53. The number of pyridine rings is 1. The first kappa shape index (κ1) is 13.8. The van der Waals surface area contributed by atoms with Crippen molar-refractivity contribution in [2.75, 3.05) is 38.1 Å². The highest BCUT2D eigenvalue weighted by atomic mass is 32.1. The molecule has 4 nitrogen and oxygen atoms in total. The SMILES string of the molecule is Cc1ccc(C(=O)[S-])nc1N1CCC2(CC1)CN(C)C2. The monoisotopic (exact) mass is 290 g/mol. The third-order valence-corrected chi connectivity index (χ3v) is 4.82. The summed E-state index contributed by atoms with van der Waals surface area (Å²) in [5.74, 6) is 0.934. The van der Waals surface area contributed by atoms with Gasteiger partial charge in [-0.2, -0.15) is 0 Å². The Morgan fingerprint density at radius 3 is 2.50 bits per heavy atom. The molecule has 2 fully saturated rings. The van der Waals surface area contributed by atoms with E-state index in [1.807, 2.05) is 13.0 Å². The molecule has 3 heterocycles. The van der Waals surface area contributed by atoms with Gasteiger partial charge in [0, 0.05) is 26.2 Å². The first-order chi connectivity index (χ1) is 9.49.